The summed E-state index contributed by atoms with van der Waals surface area (Å²) in [6.45, 7) is 0.362. The maximum atomic E-state index is 12.1. The Morgan fingerprint density at radius 2 is 2.00 bits per heavy atom. The molecule has 0 bridgehead atoms. The number of hydrogen-bond acceptors (Lipinski definition) is 8. The second-order valence-electron chi connectivity index (χ2n) is 6.53. The molecule has 0 unspecified atom stereocenters. The van der Waals surface area contributed by atoms with Gasteiger partial charge in [0.15, 0.2) is 23.0 Å². The van der Waals surface area contributed by atoms with Crippen molar-refractivity contribution >= 4 is 17.3 Å². The second kappa shape index (κ2) is 9.04. The van der Waals surface area contributed by atoms with Crippen molar-refractivity contribution in [3.05, 3.63) is 53.0 Å². The van der Waals surface area contributed by atoms with E-state index in [1.165, 1.54) is 11.3 Å². The van der Waals surface area contributed by atoms with Crippen LogP contribution in [0.25, 0.3) is 10.6 Å². The molecule has 0 atom stereocenters. The molecule has 0 radical (unpaired) electrons. The van der Waals surface area contributed by atoms with Gasteiger partial charge in [-0.1, -0.05) is 12.1 Å². The Kier molecular flexibility index (Phi) is 6.04. The third-order valence-corrected chi connectivity index (χ3v) is 5.55. The summed E-state index contributed by atoms with van der Waals surface area (Å²) in [4.78, 5) is 16.7. The zero-order valence-electron chi connectivity index (χ0n) is 16.7. The van der Waals surface area contributed by atoms with Gasteiger partial charge < -0.3 is 23.7 Å². The average Bonchev–Trinajstić information content (AvgIpc) is 3.44. The lowest BCUT2D eigenvalue weighted by Gasteiger charge is -2.10. The summed E-state index contributed by atoms with van der Waals surface area (Å²) < 4.78 is 26.8. The number of ether oxygens (including phenoxy) is 5. The molecule has 0 spiro atoms. The van der Waals surface area contributed by atoms with Crippen molar-refractivity contribution in [3.8, 4) is 33.6 Å². The number of esters is 1. The first-order chi connectivity index (χ1) is 14.7. The van der Waals surface area contributed by atoms with E-state index in [1.54, 1.807) is 14.2 Å². The minimum absolute atomic E-state index is 0.128. The van der Waals surface area contributed by atoms with E-state index >= 15 is 0 Å². The van der Waals surface area contributed by atoms with Crippen molar-refractivity contribution in [3.63, 3.8) is 0 Å². The van der Waals surface area contributed by atoms with E-state index in [2.05, 4.69) is 4.98 Å². The zero-order valence-corrected chi connectivity index (χ0v) is 17.5. The average molecular weight is 427 g/mol. The van der Waals surface area contributed by atoms with Crippen molar-refractivity contribution in [1.29, 1.82) is 0 Å². The largest absolute Gasteiger partial charge is 0.493 e. The third-order valence-electron chi connectivity index (χ3n) is 4.62. The molecular weight excluding hydrogens is 406 g/mol. The van der Waals surface area contributed by atoms with Crippen molar-refractivity contribution < 1.29 is 28.5 Å². The monoisotopic (exact) mass is 427 g/mol. The van der Waals surface area contributed by atoms with Crippen LogP contribution in [-0.2, 0) is 22.6 Å². The van der Waals surface area contributed by atoms with Crippen LogP contribution >= 0.6 is 11.3 Å². The van der Waals surface area contributed by atoms with Crippen LogP contribution in [0.15, 0.2) is 41.8 Å². The number of carbonyl (C=O) groups excluding carboxylic acids is 1. The Morgan fingerprint density at radius 1 is 1.13 bits per heavy atom. The van der Waals surface area contributed by atoms with Crippen LogP contribution in [0.3, 0.4) is 0 Å². The first kappa shape index (κ1) is 20.0. The fraction of sp³-hybridized carbons (Fsp3) is 0.273. The Bertz CT molecular complexity index is 1050. The van der Waals surface area contributed by atoms with Gasteiger partial charge in [-0.3, -0.25) is 4.79 Å². The first-order valence-electron chi connectivity index (χ1n) is 9.38. The van der Waals surface area contributed by atoms with Crippen LogP contribution in [-0.4, -0.2) is 32.0 Å². The maximum Gasteiger partial charge on any atom is 0.306 e. The molecule has 4 rings (SSSR count). The summed E-state index contributed by atoms with van der Waals surface area (Å²) in [6.07, 6.45) is 0.846. The predicted molar refractivity (Wildman–Crippen MR) is 111 cm³/mol. The molecule has 7 nitrogen and oxygen atoms in total. The van der Waals surface area contributed by atoms with E-state index in [-0.39, 0.29) is 25.8 Å². The van der Waals surface area contributed by atoms with Crippen molar-refractivity contribution in [1.82, 2.24) is 4.98 Å². The molecule has 0 amide bonds. The number of rotatable bonds is 8. The molecule has 8 heteroatoms. The lowest BCUT2D eigenvalue weighted by Crippen LogP contribution is -2.06. The van der Waals surface area contributed by atoms with Crippen LogP contribution in [0.2, 0.25) is 0 Å². The number of nitrogens with zero attached hydrogens (tertiary/aromatic N) is 1. The summed E-state index contributed by atoms with van der Waals surface area (Å²) in [7, 11) is 3.19. The van der Waals surface area contributed by atoms with E-state index < -0.39 is 0 Å². The molecular formula is C22H21NO6S. The molecule has 2 aromatic carbocycles. The van der Waals surface area contributed by atoms with Gasteiger partial charge in [0.1, 0.15) is 11.6 Å². The molecule has 0 N–H and O–H groups in total. The predicted octanol–water partition coefficient (Wildman–Crippen LogP) is 4.23. The highest BCUT2D eigenvalue weighted by atomic mass is 32.1. The number of thiazole rings is 1. The highest BCUT2D eigenvalue weighted by molar-refractivity contribution is 7.13. The van der Waals surface area contributed by atoms with Crippen LogP contribution in [0, 0.1) is 0 Å². The lowest BCUT2D eigenvalue weighted by molar-refractivity contribution is -0.145. The molecule has 2 heterocycles. The summed E-state index contributed by atoms with van der Waals surface area (Å²) in [5, 5.41) is 2.65. The van der Waals surface area contributed by atoms with Gasteiger partial charge in [-0.25, -0.2) is 4.98 Å². The fourth-order valence-electron chi connectivity index (χ4n) is 3.12. The minimum Gasteiger partial charge on any atom is -0.493 e. The Labute approximate surface area is 178 Å². The SMILES string of the molecule is COc1cccc(-c2nc(COC(=O)CCc3ccc4c(c3)OCO4)cs2)c1OC. The number of benzene rings is 2. The maximum absolute atomic E-state index is 12.1. The standard InChI is InChI=1S/C22H21NO6S/c1-25-18-5-3-4-16(21(18)26-2)22-23-15(12-30-22)11-27-20(24)9-7-14-6-8-17-19(10-14)29-13-28-17/h3-6,8,10,12H,7,9,11,13H2,1-2H3. The van der Waals surface area contributed by atoms with Gasteiger partial charge in [0.25, 0.3) is 0 Å². The molecule has 0 saturated heterocycles. The van der Waals surface area contributed by atoms with Gasteiger partial charge in [-0.2, -0.15) is 0 Å². The van der Waals surface area contributed by atoms with Crippen molar-refractivity contribution in [2.24, 2.45) is 0 Å². The van der Waals surface area contributed by atoms with Gasteiger partial charge in [0, 0.05) is 11.8 Å². The molecule has 1 aliphatic heterocycles. The van der Waals surface area contributed by atoms with E-state index in [1.807, 2.05) is 41.8 Å². The number of fused-ring (bicyclic) bond motifs is 1. The van der Waals surface area contributed by atoms with Gasteiger partial charge in [0.05, 0.1) is 25.5 Å². The molecule has 0 aliphatic carbocycles. The first-order valence-corrected chi connectivity index (χ1v) is 10.3. The number of para-hydroxylation sites is 1. The van der Waals surface area contributed by atoms with Crippen LogP contribution in [0.1, 0.15) is 17.7 Å². The van der Waals surface area contributed by atoms with Crippen molar-refractivity contribution in [2.75, 3.05) is 21.0 Å². The number of hydrogen-bond donors (Lipinski definition) is 0. The highest BCUT2D eigenvalue weighted by Crippen LogP contribution is 2.39. The van der Waals surface area contributed by atoms with Crippen LogP contribution < -0.4 is 18.9 Å². The second-order valence-corrected chi connectivity index (χ2v) is 7.39. The lowest BCUT2D eigenvalue weighted by atomic mass is 10.1. The normalized spacial score (nSPS) is 11.9. The molecule has 0 fully saturated rings. The van der Waals surface area contributed by atoms with Gasteiger partial charge in [-0.05, 0) is 36.2 Å². The minimum atomic E-state index is -0.277. The summed E-state index contributed by atoms with van der Waals surface area (Å²) in [5.41, 5.74) is 2.52. The summed E-state index contributed by atoms with van der Waals surface area (Å²) >= 11 is 1.46. The van der Waals surface area contributed by atoms with Gasteiger partial charge >= 0.3 is 5.97 Å². The van der Waals surface area contributed by atoms with E-state index in [0.717, 1.165) is 21.9 Å². The topological polar surface area (TPSA) is 76.1 Å². The fourth-order valence-corrected chi connectivity index (χ4v) is 3.95. The number of aryl methyl sites for hydroxylation is 1. The van der Waals surface area contributed by atoms with E-state index in [0.29, 0.717) is 29.4 Å². The van der Waals surface area contributed by atoms with E-state index in [4.69, 9.17) is 23.7 Å². The molecule has 30 heavy (non-hydrogen) atoms. The quantitative estimate of drug-likeness (QED) is 0.498. The zero-order chi connectivity index (χ0) is 20.9. The van der Waals surface area contributed by atoms with Crippen molar-refractivity contribution in [2.45, 2.75) is 19.4 Å². The molecule has 0 saturated carbocycles. The molecule has 156 valence electrons. The summed E-state index contributed by atoms with van der Waals surface area (Å²) in [6, 6.07) is 11.3. The van der Waals surface area contributed by atoms with Crippen LogP contribution in [0.5, 0.6) is 23.0 Å². The van der Waals surface area contributed by atoms with Crippen LogP contribution in [0.4, 0.5) is 0 Å². The smallest absolute Gasteiger partial charge is 0.306 e. The Balaban J connectivity index is 1.33. The number of aromatic nitrogens is 1. The third kappa shape index (κ3) is 4.33. The highest BCUT2D eigenvalue weighted by Gasteiger charge is 2.16. The number of methoxy groups -OCH3 is 2. The van der Waals surface area contributed by atoms with Gasteiger partial charge in [0.2, 0.25) is 6.79 Å². The Morgan fingerprint density at radius 3 is 2.83 bits per heavy atom. The van der Waals surface area contributed by atoms with E-state index in [9.17, 15) is 4.79 Å². The molecule has 1 aliphatic rings. The number of carbonyl (C=O) groups is 1. The Hall–Kier alpha value is -3.26. The summed E-state index contributed by atoms with van der Waals surface area (Å²) in [5.74, 6) is 2.43. The molecule has 3 aromatic rings. The van der Waals surface area contributed by atoms with Gasteiger partial charge in [-0.15, -0.1) is 11.3 Å². The molecule has 1 aromatic heterocycles.